The fraction of sp³-hybridized carbons (Fsp3) is 0.250. The van der Waals surface area contributed by atoms with E-state index >= 15 is 0 Å². The van der Waals surface area contributed by atoms with Gasteiger partial charge in [-0.2, -0.15) is 0 Å². The van der Waals surface area contributed by atoms with E-state index in [-0.39, 0.29) is 18.7 Å². The second-order valence-corrected chi connectivity index (χ2v) is 7.33. The first-order valence-electron chi connectivity index (χ1n) is 7.49. The number of amides is 2. The maximum atomic E-state index is 12.8. The van der Waals surface area contributed by atoms with Crippen LogP contribution in [0.3, 0.4) is 0 Å². The molecule has 0 fully saturated rings. The molecule has 3 aromatic rings. The SMILES string of the molecule is CCOC(=O)NC(=O)Cn1cnc2scc(-c3ccc(C)s3)c2c1=O. The average molecular weight is 377 g/mol. The number of hydrogen-bond donors (Lipinski definition) is 1. The Labute approximate surface area is 150 Å². The van der Waals surface area contributed by atoms with Crippen molar-refractivity contribution in [3.63, 3.8) is 0 Å². The molecule has 3 rings (SSSR count). The summed E-state index contributed by atoms with van der Waals surface area (Å²) in [5.41, 5.74) is 0.502. The summed E-state index contributed by atoms with van der Waals surface area (Å²) in [7, 11) is 0. The van der Waals surface area contributed by atoms with Crippen LogP contribution in [0.5, 0.6) is 0 Å². The van der Waals surface area contributed by atoms with Crippen molar-refractivity contribution < 1.29 is 14.3 Å². The van der Waals surface area contributed by atoms with Crippen LogP contribution in [0, 0.1) is 6.92 Å². The van der Waals surface area contributed by atoms with Crippen molar-refractivity contribution in [3.8, 4) is 10.4 Å². The highest BCUT2D eigenvalue weighted by atomic mass is 32.1. The molecule has 0 unspecified atom stereocenters. The number of nitrogens with zero attached hydrogens (tertiary/aromatic N) is 2. The molecule has 0 radical (unpaired) electrons. The predicted octanol–water partition coefficient (Wildman–Crippen LogP) is 2.77. The molecule has 0 atom stereocenters. The zero-order chi connectivity index (χ0) is 18.0. The number of ether oxygens (including phenoxy) is 1. The van der Waals surface area contributed by atoms with Crippen molar-refractivity contribution in [2.24, 2.45) is 0 Å². The van der Waals surface area contributed by atoms with Crippen molar-refractivity contribution in [1.29, 1.82) is 0 Å². The van der Waals surface area contributed by atoms with E-state index in [4.69, 9.17) is 0 Å². The van der Waals surface area contributed by atoms with Crippen molar-refractivity contribution in [1.82, 2.24) is 14.9 Å². The lowest BCUT2D eigenvalue weighted by atomic mass is 10.2. The molecule has 9 heteroatoms. The minimum Gasteiger partial charge on any atom is -0.450 e. The van der Waals surface area contributed by atoms with Gasteiger partial charge >= 0.3 is 6.09 Å². The molecule has 0 aromatic carbocycles. The number of fused-ring (bicyclic) bond motifs is 1. The largest absolute Gasteiger partial charge is 0.450 e. The standard InChI is InChI=1S/C16H15N3O4S2/c1-3-23-16(22)18-12(20)6-19-8-17-14-13(15(19)21)10(7-24-14)11-5-4-9(2)25-11/h4-5,7-8H,3,6H2,1-2H3,(H,18,20,22). The van der Waals surface area contributed by atoms with Gasteiger partial charge in [0, 0.05) is 20.7 Å². The van der Waals surface area contributed by atoms with Crippen molar-refractivity contribution in [2.45, 2.75) is 20.4 Å². The number of rotatable bonds is 4. The monoisotopic (exact) mass is 377 g/mol. The molecule has 130 valence electrons. The van der Waals surface area contributed by atoms with E-state index in [9.17, 15) is 14.4 Å². The molecule has 0 spiro atoms. The first-order chi connectivity index (χ1) is 12.0. The van der Waals surface area contributed by atoms with Crippen molar-refractivity contribution in [3.05, 3.63) is 39.1 Å². The van der Waals surface area contributed by atoms with Gasteiger partial charge in [-0.25, -0.2) is 9.78 Å². The summed E-state index contributed by atoms with van der Waals surface area (Å²) in [5, 5.41) is 4.45. The highest BCUT2D eigenvalue weighted by molar-refractivity contribution is 7.19. The summed E-state index contributed by atoms with van der Waals surface area (Å²) in [6.07, 6.45) is 0.481. The Balaban J connectivity index is 1.93. The van der Waals surface area contributed by atoms with Crippen LogP contribution in [-0.2, 0) is 16.1 Å². The minimum atomic E-state index is -0.833. The fourth-order valence-corrected chi connectivity index (χ4v) is 4.18. The Hall–Kier alpha value is -2.52. The Morgan fingerprint density at radius 1 is 1.36 bits per heavy atom. The number of aromatic nitrogens is 2. The average Bonchev–Trinajstić information content (AvgIpc) is 3.16. The lowest BCUT2D eigenvalue weighted by Crippen LogP contribution is -2.36. The van der Waals surface area contributed by atoms with Crippen molar-refractivity contribution >= 4 is 44.9 Å². The molecule has 0 saturated carbocycles. The molecule has 1 N–H and O–H groups in total. The third-order valence-corrected chi connectivity index (χ3v) is 5.32. The van der Waals surface area contributed by atoms with Gasteiger partial charge in [-0.05, 0) is 26.0 Å². The van der Waals surface area contributed by atoms with Gasteiger partial charge in [0.15, 0.2) is 0 Å². The number of nitrogens with one attached hydrogen (secondary N) is 1. The molecule has 0 aliphatic carbocycles. The normalized spacial score (nSPS) is 10.8. The van der Waals surface area contributed by atoms with Crippen molar-refractivity contribution in [2.75, 3.05) is 6.61 Å². The number of carbonyl (C=O) groups is 2. The van der Waals surface area contributed by atoms with Crippen LogP contribution in [0.25, 0.3) is 20.7 Å². The molecule has 3 heterocycles. The molecule has 25 heavy (non-hydrogen) atoms. The molecule has 0 bridgehead atoms. The number of thiophene rings is 2. The summed E-state index contributed by atoms with van der Waals surface area (Å²) in [5.74, 6) is -0.634. The van der Waals surface area contributed by atoms with Crippen LogP contribution in [0.4, 0.5) is 4.79 Å². The van der Waals surface area contributed by atoms with E-state index < -0.39 is 12.0 Å². The maximum absolute atomic E-state index is 12.8. The summed E-state index contributed by atoms with van der Waals surface area (Å²) >= 11 is 2.98. The van der Waals surface area contributed by atoms with Gasteiger partial charge in [0.2, 0.25) is 5.91 Å². The first kappa shape index (κ1) is 17.3. The molecular weight excluding hydrogens is 362 g/mol. The van der Waals surface area contributed by atoms with E-state index in [1.807, 2.05) is 24.4 Å². The summed E-state index contributed by atoms with van der Waals surface area (Å²) in [6.45, 7) is 3.49. The number of carbonyl (C=O) groups excluding carboxylic acids is 2. The summed E-state index contributed by atoms with van der Waals surface area (Å²) in [4.78, 5) is 43.0. The molecule has 0 saturated heterocycles. The number of aryl methyl sites for hydroxylation is 1. The topological polar surface area (TPSA) is 90.3 Å². The molecule has 2 amide bonds. The Bertz CT molecular complexity index is 1000. The zero-order valence-electron chi connectivity index (χ0n) is 13.6. The third-order valence-electron chi connectivity index (χ3n) is 3.40. The molecular formula is C16H15N3O4S2. The molecule has 0 aliphatic rings. The molecule has 0 aliphatic heterocycles. The van der Waals surface area contributed by atoms with Gasteiger partial charge in [0.05, 0.1) is 18.3 Å². The second kappa shape index (κ2) is 7.16. The number of hydrogen-bond acceptors (Lipinski definition) is 7. The van der Waals surface area contributed by atoms with Gasteiger partial charge in [0.25, 0.3) is 5.56 Å². The van der Waals surface area contributed by atoms with Gasteiger partial charge in [-0.3, -0.25) is 19.5 Å². The van der Waals surface area contributed by atoms with Gasteiger partial charge in [0.1, 0.15) is 11.4 Å². The molecule has 3 aromatic heterocycles. The summed E-state index contributed by atoms with van der Waals surface area (Å²) < 4.78 is 5.83. The van der Waals surface area contributed by atoms with Crippen LogP contribution in [0.1, 0.15) is 11.8 Å². The smallest absolute Gasteiger partial charge is 0.413 e. The quantitative estimate of drug-likeness (QED) is 0.755. The molecule has 7 nitrogen and oxygen atoms in total. The van der Waals surface area contributed by atoms with Crippen LogP contribution in [-0.4, -0.2) is 28.2 Å². The van der Waals surface area contributed by atoms with Crippen LogP contribution in [0.15, 0.2) is 28.6 Å². The maximum Gasteiger partial charge on any atom is 0.413 e. The lowest BCUT2D eigenvalue weighted by molar-refractivity contribution is -0.121. The summed E-state index contributed by atoms with van der Waals surface area (Å²) in [6, 6.07) is 3.96. The van der Waals surface area contributed by atoms with E-state index in [0.29, 0.717) is 10.2 Å². The lowest BCUT2D eigenvalue weighted by Gasteiger charge is -2.06. The van der Waals surface area contributed by atoms with E-state index in [0.717, 1.165) is 15.3 Å². The number of alkyl carbamates (subject to hydrolysis) is 1. The van der Waals surface area contributed by atoms with E-state index in [1.165, 1.54) is 22.2 Å². The van der Waals surface area contributed by atoms with Crippen LogP contribution >= 0.6 is 22.7 Å². The van der Waals surface area contributed by atoms with Crippen LogP contribution < -0.4 is 10.9 Å². The predicted molar refractivity (Wildman–Crippen MR) is 97.1 cm³/mol. The second-order valence-electron chi connectivity index (χ2n) is 5.19. The Morgan fingerprint density at radius 2 is 2.16 bits per heavy atom. The zero-order valence-corrected chi connectivity index (χ0v) is 15.2. The van der Waals surface area contributed by atoms with E-state index in [2.05, 4.69) is 15.0 Å². The van der Waals surface area contributed by atoms with E-state index in [1.54, 1.807) is 18.3 Å². The van der Waals surface area contributed by atoms with Gasteiger partial charge in [-0.1, -0.05) is 0 Å². The number of imide groups is 1. The first-order valence-corrected chi connectivity index (χ1v) is 9.19. The third kappa shape index (κ3) is 3.62. The van der Waals surface area contributed by atoms with Gasteiger partial charge in [-0.15, -0.1) is 22.7 Å². The minimum absolute atomic E-state index is 0.158. The van der Waals surface area contributed by atoms with Crippen LogP contribution in [0.2, 0.25) is 0 Å². The fourth-order valence-electron chi connectivity index (χ4n) is 2.32. The Morgan fingerprint density at radius 3 is 2.84 bits per heavy atom. The highest BCUT2D eigenvalue weighted by Gasteiger charge is 2.16. The van der Waals surface area contributed by atoms with Gasteiger partial charge < -0.3 is 4.74 Å². The highest BCUT2D eigenvalue weighted by Crippen LogP contribution is 2.34. The Kier molecular flexibility index (Phi) is 4.95.